The first-order valence-electron chi connectivity index (χ1n) is 5.43. The maximum atomic E-state index is 5.81. The third-order valence-corrected chi connectivity index (χ3v) is 2.51. The van der Waals surface area contributed by atoms with Gasteiger partial charge in [-0.2, -0.15) is 0 Å². The molecule has 1 aromatic carbocycles. The third-order valence-electron chi connectivity index (χ3n) is 2.51. The molecule has 5 heteroatoms. The maximum absolute atomic E-state index is 5.81. The van der Waals surface area contributed by atoms with E-state index in [-0.39, 0.29) is 0 Å². The van der Waals surface area contributed by atoms with Crippen LogP contribution in [0.5, 0.6) is 11.5 Å². The average molecular weight is 245 g/mol. The number of hydrogen-bond acceptors (Lipinski definition) is 5. The van der Waals surface area contributed by atoms with Gasteiger partial charge in [0.25, 0.3) is 0 Å². The Morgan fingerprint density at radius 2 is 1.89 bits per heavy atom. The highest BCUT2D eigenvalue weighted by molar-refractivity contribution is 5.72. The van der Waals surface area contributed by atoms with E-state index >= 15 is 0 Å². The van der Waals surface area contributed by atoms with E-state index in [9.17, 15) is 0 Å². The van der Waals surface area contributed by atoms with Gasteiger partial charge in [0, 0.05) is 18.0 Å². The van der Waals surface area contributed by atoms with Gasteiger partial charge in [-0.1, -0.05) is 0 Å². The lowest BCUT2D eigenvalue weighted by molar-refractivity contribution is 0.355. The molecule has 3 N–H and O–H groups in total. The van der Waals surface area contributed by atoms with Crippen LogP contribution in [0.3, 0.4) is 0 Å². The molecule has 0 aliphatic rings. The molecule has 0 saturated heterocycles. The lowest BCUT2D eigenvalue weighted by Gasteiger charge is -2.12. The average Bonchev–Trinajstić information content (AvgIpc) is 2.41. The molecule has 18 heavy (non-hydrogen) atoms. The summed E-state index contributed by atoms with van der Waals surface area (Å²) in [5.74, 6) is 1.35. The van der Waals surface area contributed by atoms with Gasteiger partial charge in [-0.05, 0) is 18.2 Å². The molecule has 0 aliphatic heterocycles. The molecule has 0 atom stereocenters. The molecule has 1 heterocycles. The number of aromatic nitrogens is 1. The Hall–Kier alpha value is -2.43. The molecule has 0 unspecified atom stereocenters. The fourth-order valence-corrected chi connectivity index (χ4v) is 1.59. The molecule has 5 nitrogen and oxygen atoms in total. The molecule has 2 aromatic rings. The molecule has 0 saturated carbocycles. The predicted octanol–water partition coefficient (Wildman–Crippen LogP) is 2.42. The van der Waals surface area contributed by atoms with Crippen LogP contribution in [0.2, 0.25) is 0 Å². The summed E-state index contributed by atoms with van der Waals surface area (Å²) in [4.78, 5) is 3.94. The summed E-state index contributed by atoms with van der Waals surface area (Å²) >= 11 is 0. The Labute approximate surface area is 106 Å². The summed E-state index contributed by atoms with van der Waals surface area (Å²) in [6.45, 7) is 0. The lowest BCUT2D eigenvalue weighted by Crippen LogP contribution is -1.97. The minimum absolute atomic E-state index is 0.590. The zero-order chi connectivity index (χ0) is 13.0. The molecule has 2 rings (SSSR count). The molecule has 1 aromatic heterocycles. The number of hydrogen-bond donors (Lipinski definition) is 2. The minimum atomic E-state index is 0.590. The largest absolute Gasteiger partial charge is 0.493 e. The van der Waals surface area contributed by atoms with E-state index in [1.54, 1.807) is 26.6 Å². The number of rotatable bonds is 4. The Bertz CT molecular complexity index is 544. The summed E-state index contributed by atoms with van der Waals surface area (Å²) in [5, 5.41) is 3.20. The van der Waals surface area contributed by atoms with Gasteiger partial charge in [0.2, 0.25) is 0 Å². The van der Waals surface area contributed by atoms with Crippen LogP contribution in [0.15, 0.2) is 36.7 Å². The van der Waals surface area contributed by atoms with Gasteiger partial charge in [-0.3, -0.25) is 4.98 Å². The van der Waals surface area contributed by atoms with E-state index < -0.39 is 0 Å². The van der Waals surface area contributed by atoms with Crippen LogP contribution in [0.4, 0.5) is 17.1 Å². The normalized spacial score (nSPS) is 9.89. The second-order valence-electron chi connectivity index (χ2n) is 3.66. The van der Waals surface area contributed by atoms with E-state index in [1.807, 2.05) is 24.3 Å². The number of anilines is 3. The fourth-order valence-electron chi connectivity index (χ4n) is 1.59. The first-order valence-corrected chi connectivity index (χ1v) is 5.43. The second-order valence-corrected chi connectivity index (χ2v) is 3.66. The van der Waals surface area contributed by atoms with E-state index in [1.165, 1.54) is 0 Å². The van der Waals surface area contributed by atoms with Crippen LogP contribution < -0.4 is 20.5 Å². The highest BCUT2D eigenvalue weighted by Gasteiger charge is 2.05. The minimum Gasteiger partial charge on any atom is -0.493 e. The number of nitrogens with zero attached hydrogens (tertiary/aromatic N) is 1. The van der Waals surface area contributed by atoms with Crippen molar-refractivity contribution in [1.29, 1.82) is 0 Å². The van der Waals surface area contributed by atoms with Crippen molar-refractivity contribution in [2.24, 2.45) is 0 Å². The highest BCUT2D eigenvalue weighted by Crippen LogP contribution is 2.31. The van der Waals surface area contributed by atoms with E-state index in [4.69, 9.17) is 15.2 Å². The third kappa shape index (κ3) is 2.45. The molecule has 0 radical (unpaired) electrons. The van der Waals surface area contributed by atoms with E-state index in [0.29, 0.717) is 17.2 Å². The molecule has 94 valence electrons. The van der Waals surface area contributed by atoms with Gasteiger partial charge in [-0.15, -0.1) is 0 Å². The lowest BCUT2D eigenvalue weighted by atomic mass is 10.2. The zero-order valence-electron chi connectivity index (χ0n) is 10.3. The predicted molar refractivity (Wildman–Crippen MR) is 71.5 cm³/mol. The van der Waals surface area contributed by atoms with Gasteiger partial charge >= 0.3 is 0 Å². The van der Waals surface area contributed by atoms with Gasteiger partial charge in [-0.25, -0.2) is 0 Å². The molecule has 0 aliphatic carbocycles. The van der Waals surface area contributed by atoms with Crippen molar-refractivity contribution < 1.29 is 9.47 Å². The van der Waals surface area contributed by atoms with Gasteiger partial charge in [0.1, 0.15) is 0 Å². The molecule has 0 bridgehead atoms. The van der Waals surface area contributed by atoms with Gasteiger partial charge in [0.15, 0.2) is 11.5 Å². The number of nitrogens with one attached hydrogen (secondary N) is 1. The second kappa shape index (κ2) is 5.27. The number of methoxy groups -OCH3 is 2. The summed E-state index contributed by atoms with van der Waals surface area (Å²) in [7, 11) is 3.20. The van der Waals surface area contributed by atoms with Crippen molar-refractivity contribution >= 4 is 17.1 Å². The topological polar surface area (TPSA) is 69.4 Å². The van der Waals surface area contributed by atoms with E-state index in [2.05, 4.69) is 10.3 Å². The number of benzene rings is 1. The van der Waals surface area contributed by atoms with Crippen molar-refractivity contribution in [2.75, 3.05) is 25.3 Å². The highest BCUT2D eigenvalue weighted by atomic mass is 16.5. The molecular formula is C13H15N3O2. The first kappa shape index (κ1) is 12.0. The molecule has 0 fully saturated rings. The molecular weight excluding hydrogens is 230 g/mol. The van der Waals surface area contributed by atoms with Gasteiger partial charge < -0.3 is 20.5 Å². The Morgan fingerprint density at radius 1 is 1.11 bits per heavy atom. The summed E-state index contributed by atoms with van der Waals surface area (Å²) < 4.78 is 10.4. The maximum Gasteiger partial charge on any atom is 0.162 e. The van der Waals surface area contributed by atoms with Crippen LogP contribution in [-0.4, -0.2) is 19.2 Å². The zero-order valence-corrected chi connectivity index (χ0v) is 10.3. The van der Waals surface area contributed by atoms with Crippen LogP contribution in [0, 0.1) is 0 Å². The first-order chi connectivity index (χ1) is 8.74. The fraction of sp³-hybridized carbons (Fsp3) is 0.154. The summed E-state index contributed by atoms with van der Waals surface area (Å²) in [6.07, 6.45) is 3.28. The Balaban J connectivity index is 2.27. The number of nitrogens with two attached hydrogens (primary N) is 1. The van der Waals surface area contributed by atoms with Crippen LogP contribution in [-0.2, 0) is 0 Å². The number of ether oxygens (including phenoxy) is 2. The quantitative estimate of drug-likeness (QED) is 0.865. The SMILES string of the molecule is COc1ccc(Nc2ccncc2N)cc1OC. The van der Waals surface area contributed by atoms with Crippen LogP contribution in [0.25, 0.3) is 0 Å². The van der Waals surface area contributed by atoms with Crippen LogP contribution in [0.1, 0.15) is 0 Å². The Kier molecular flexibility index (Phi) is 3.52. The number of nitrogen functional groups attached to an aromatic ring is 1. The summed E-state index contributed by atoms with van der Waals surface area (Å²) in [5.41, 5.74) is 8.07. The summed E-state index contributed by atoms with van der Waals surface area (Å²) in [6, 6.07) is 7.38. The van der Waals surface area contributed by atoms with Gasteiger partial charge in [0.05, 0.1) is 31.8 Å². The molecule has 0 amide bonds. The molecule has 0 spiro atoms. The smallest absolute Gasteiger partial charge is 0.162 e. The van der Waals surface area contributed by atoms with Crippen molar-refractivity contribution in [3.63, 3.8) is 0 Å². The monoisotopic (exact) mass is 245 g/mol. The Morgan fingerprint density at radius 3 is 2.56 bits per heavy atom. The standard InChI is InChI=1S/C13H15N3O2/c1-17-12-4-3-9(7-13(12)18-2)16-11-5-6-15-8-10(11)14/h3-8H,14H2,1-2H3,(H,15,16). The van der Waals surface area contributed by atoms with Crippen LogP contribution >= 0.6 is 0 Å². The van der Waals surface area contributed by atoms with Crippen molar-refractivity contribution in [3.05, 3.63) is 36.7 Å². The van der Waals surface area contributed by atoms with E-state index in [0.717, 1.165) is 11.4 Å². The van der Waals surface area contributed by atoms with Crippen molar-refractivity contribution in [1.82, 2.24) is 4.98 Å². The van der Waals surface area contributed by atoms with Crippen molar-refractivity contribution in [3.8, 4) is 11.5 Å². The van der Waals surface area contributed by atoms with Crippen molar-refractivity contribution in [2.45, 2.75) is 0 Å². The number of pyridine rings is 1.